The van der Waals surface area contributed by atoms with Crippen LogP contribution >= 0.6 is 15.9 Å². The number of rotatable bonds is 5. The zero-order chi connectivity index (χ0) is 13.8. The molecule has 0 atom stereocenters. The van der Waals surface area contributed by atoms with Gasteiger partial charge in [0, 0.05) is 24.5 Å². The first-order chi connectivity index (χ1) is 9.11. The minimum Gasteiger partial charge on any atom is -0.465 e. The summed E-state index contributed by atoms with van der Waals surface area (Å²) in [6, 6.07) is 5.81. The van der Waals surface area contributed by atoms with Gasteiger partial charge < -0.3 is 19.7 Å². The maximum Gasteiger partial charge on any atom is 0.404 e. The van der Waals surface area contributed by atoms with Crippen LogP contribution in [-0.4, -0.2) is 34.4 Å². The molecule has 0 spiro atoms. The molecular formula is C12H14BrN3O3. The molecule has 6 nitrogen and oxygen atoms in total. The number of carbonyl (C=O) groups is 1. The summed E-state index contributed by atoms with van der Waals surface area (Å²) in [6.07, 6.45) is -0.515. The number of carboxylic acid groups (broad SMARTS) is 1. The Labute approximate surface area is 118 Å². The van der Waals surface area contributed by atoms with Crippen molar-refractivity contribution >= 4 is 33.1 Å². The van der Waals surface area contributed by atoms with Gasteiger partial charge in [-0.1, -0.05) is 15.9 Å². The monoisotopic (exact) mass is 327 g/mol. The number of fused-ring (bicyclic) bond motifs is 1. The summed E-state index contributed by atoms with van der Waals surface area (Å²) in [7, 11) is 1.61. The highest BCUT2D eigenvalue weighted by atomic mass is 79.9. The second kappa shape index (κ2) is 6.03. The second-order valence-corrected chi connectivity index (χ2v) is 4.90. The highest BCUT2D eigenvalue weighted by molar-refractivity contribution is 9.10. The van der Waals surface area contributed by atoms with Gasteiger partial charge in [-0.2, -0.15) is 0 Å². The average molecular weight is 328 g/mol. The number of hydrogen-bond donors (Lipinski definition) is 2. The van der Waals surface area contributed by atoms with Crippen LogP contribution in [0.25, 0.3) is 11.0 Å². The van der Waals surface area contributed by atoms with E-state index < -0.39 is 6.09 Å². The number of aromatic nitrogens is 2. The Morgan fingerprint density at radius 1 is 1.58 bits per heavy atom. The lowest BCUT2D eigenvalue weighted by Crippen LogP contribution is -2.24. The van der Waals surface area contributed by atoms with Gasteiger partial charge >= 0.3 is 6.09 Å². The van der Waals surface area contributed by atoms with Crippen molar-refractivity contribution < 1.29 is 14.6 Å². The molecule has 0 aliphatic carbocycles. The molecule has 0 saturated carbocycles. The van der Waals surface area contributed by atoms with Crippen LogP contribution in [0.4, 0.5) is 4.79 Å². The van der Waals surface area contributed by atoms with E-state index in [9.17, 15) is 4.79 Å². The van der Waals surface area contributed by atoms with Crippen molar-refractivity contribution in [2.24, 2.45) is 0 Å². The molecule has 19 heavy (non-hydrogen) atoms. The van der Waals surface area contributed by atoms with Crippen LogP contribution in [0.3, 0.4) is 0 Å². The molecule has 1 aromatic carbocycles. The highest BCUT2D eigenvalue weighted by Gasteiger charge is 2.11. The number of nitrogens with zero attached hydrogens (tertiary/aromatic N) is 2. The maximum atomic E-state index is 10.4. The number of amides is 1. The summed E-state index contributed by atoms with van der Waals surface area (Å²) in [4.78, 5) is 14.9. The summed E-state index contributed by atoms with van der Waals surface area (Å²) in [5.41, 5.74) is 1.83. The van der Waals surface area contributed by atoms with Gasteiger partial charge in [-0.15, -0.1) is 0 Å². The van der Waals surface area contributed by atoms with Gasteiger partial charge in [0.15, 0.2) is 0 Å². The zero-order valence-electron chi connectivity index (χ0n) is 10.4. The molecule has 0 saturated heterocycles. The number of halogens is 1. The summed E-state index contributed by atoms with van der Waals surface area (Å²) in [5.74, 6) is 0.795. The van der Waals surface area contributed by atoms with Gasteiger partial charge in [0.25, 0.3) is 0 Å². The van der Waals surface area contributed by atoms with Gasteiger partial charge in [0.05, 0.1) is 11.0 Å². The Morgan fingerprint density at radius 2 is 2.37 bits per heavy atom. The molecule has 2 N–H and O–H groups in total. The molecule has 0 fully saturated rings. The molecular weight excluding hydrogens is 314 g/mol. The Balaban J connectivity index is 2.30. The van der Waals surface area contributed by atoms with E-state index in [1.54, 1.807) is 7.11 Å². The molecule has 102 valence electrons. The van der Waals surface area contributed by atoms with E-state index in [1.807, 2.05) is 22.8 Å². The van der Waals surface area contributed by atoms with Crippen LogP contribution in [0, 0.1) is 0 Å². The fraction of sp³-hybridized carbons (Fsp3) is 0.333. The third kappa shape index (κ3) is 3.24. The van der Waals surface area contributed by atoms with Crippen molar-refractivity contribution in [2.45, 2.75) is 13.2 Å². The number of ether oxygens (including phenoxy) is 1. The van der Waals surface area contributed by atoms with E-state index in [4.69, 9.17) is 9.84 Å². The fourth-order valence-corrected chi connectivity index (χ4v) is 2.24. The van der Waals surface area contributed by atoms with Crippen molar-refractivity contribution in [3.8, 4) is 0 Å². The van der Waals surface area contributed by atoms with Crippen LogP contribution in [0.2, 0.25) is 0 Å². The van der Waals surface area contributed by atoms with Crippen molar-refractivity contribution in [2.75, 3.05) is 13.7 Å². The predicted molar refractivity (Wildman–Crippen MR) is 74.2 cm³/mol. The molecule has 0 radical (unpaired) electrons. The van der Waals surface area contributed by atoms with Crippen LogP contribution in [0.1, 0.15) is 5.82 Å². The van der Waals surface area contributed by atoms with Crippen LogP contribution < -0.4 is 5.32 Å². The zero-order valence-corrected chi connectivity index (χ0v) is 12.0. The third-order valence-electron chi connectivity index (χ3n) is 2.67. The first kappa shape index (κ1) is 13.8. The lowest BCUT2D eigenvalue weighted by Gasteiger charge is -2.07. The van der Waals surface area contributed by atoms with Crippen molar-refractivity contribution in [3.05, 3.63) is 28.5 Å². The maximum absolute atomic E-state index is 10.4. The normalized spacial score (nSPS) is 10.8. The molecule has 1 aromatic heterocycles. The predicted octanol–water partition coefficient (Wildman–Crippen LogP) is 2.21. The van der Waals surface area contributed by atoms with Crippen molar-refractivity contribution in [1.82, 2.24) is 14.9 Å². The standard InChI is InChI=1S/C12H14BrN3O3/c1-19-7-16-10-6-8(13)2-3-9(10)15-11(16)4-5-14-12(17)18/h2-3,6,14H,4-5,7H2,1H3,(H,17,18). The summed E-state index contributed by atoms with van der Waals surface area (Å²) in [6.45, 7) is 0.707. The minimum atomic E-state index is -1.03. The minimum absolute atomic E-state index is 0.323. The largest absolute Gasteiger partial charge is 0.465 e. The Hall–Kier alpha value is -1.60. The Morgan fingerprint density at radius 3 is 3.05 bits per heavy atom. The molecule has 1 amide bonds. The van der Waals surface area contributed by atoms with E-state index in [1.165, 1.54) is 0 Å². The fourth-order valence-electron chi connectivity index (χ4n) is 1.89. The molecule has 1 heterocycles. The van der Waals surface area contributed by atoms with Gasteiger partial charge in [-0.05, 0) is 18.2 Å². The van der Waals surface area contributed by atoms with Gasteiger partial charge in [0.1, 0.15) is 12.6 Å². The first-order valence-corrected chi connectivity index (χ1v) is 6.51. The van der Waals surface area contributed by atoms with Gasteiger partial charge in [-0.3, -0.25) is 0 Å². The highest BCUT2D eigenvalue weighted by Crippen LogP contribution is 2.21. The van der Waals surface area contributed by atoms with Crippen molar-refractivity contribution in [3.63, 3.8) is 0 Å². The second-order valence-electron chi connectivity index (χ2n) is 3.99. The van der Waals surface area contributed by atoms with E-state index >= 15 is 0 Å². The van der Waals surface area contributed by atoms with E-state index in [0.29, 0.717) is 19.7 Å². The topological polar surface area (TPSA) is 76.4 Å². The first-order valence-electron chi connectivity index (χ1n) is 5.72. The van der Waals surface area contributed by atoms with Crippen LogP contribution in [-0.2, 0) is 17.9 Å². The quantitative estimate of drug-likeness (QED) is 0.882. The average Bonchev–Trinajstić information content (AvgIpc) is 2.68. The molecule has 0 bridgehead atoms. The number of nitrogens with one attached hydrogen (secondary N) is 1. The molecule has 7 heteroatoms. The van der Waals surface area contributed by atoms with Crippen molar-refractivity contribution in [1.29, 1.82) is 0 Å². The van der Waals surface area contributed by atoms with E-state index in [2.05, 4.69) is 26.2 Å². The van der Waals surface area contributed by atoms with Gasteiger partial charge in [-0.25, -0.2) is 9.78 Å². The summed E-state index contributed by atoms with van der Waals surface area (Å²) in [5, 5.41) is 10.9. The third-order valence-corrected chi connectivity index (χ3v) is 3.17. The summed E-state index contributed by atoms with van der Waals surface area (Å²) >= 11 is 3.43. The van der Waals surface area contributed by atoms with Crippen LogP contribution in [0.5, 0.6) is 0 Å². The molecule has 0 unspecified atom stereocenters. The lowest BCUT2D eigenvalue weighted by molar-refractivity contribution is 0.132. The molecule has 2 rings (SSSR count). The molecule has 2 aromatic rings. The number of benzene rings is 1. The number of imidazole rings is 1. The smallest absolute Gasteiger partial charge is 0.404 e. The van der Waals surface area contributed by atoms with E-state index in [-0.39, 0.29) is 0 Å². The van der Waals surface area contributed by atoms with Gasteiger partial charge in [0.2, 0.25) is 0 Å². The number of hydrogen-bond acceptors (Lipinski definition) is 3. The number of methoxy groups -OCH3 is 1. The summed E-state index contributed by atoms with van der Waals surface area (Å²) < 4.78 is 8.07. The molecule has 0 aliphatic heterocycles. The van der Waals surface area contributed by atoms with E-state index in [0.717, 1.165) is 21.3 Å². The molecule has 0 aliphatic rings. The lowest BCUT2D eigenvalue weighted by atomic mass is 10.3. The van der Waals surface area contributed by atoms with Crippen LogP contribution in [0.15, 0.2) is 22.7 Å². The SMILES string of the molecule is COCn1c(CCNC(=O)O)nc2ccc(Br)cc21. The Bertz CT molecular complexity index is 597. The Kier molecular flexibility index (Phi) is 4.39.